The minimum absolute atomic E-state index is 0.561. The van der Waals surface area contributed by atoms with Crippen LogP contribution in [0.5, 0.6) is 0 Å². The Hall–Kier alpha value is -7.83. The van der Waals surface area contributed by atoms with E-state index in [2.05, 4.69) is 185 Å². The molecule has 0 N–H and O–H groups in total. The average molecular weight is 730 g/mol. The van der Waals surface area contributed by atoms with Crippen LogP contribution in [0.15, 0.2) is 192 Å². The molecule has 0 bridgehead atoms. The molecule has 0 fully saturated rings. The largest absolute Gasteiger partial charge is 0.455 e. The van der Waals surface area contributed by atoms with E-state index in [-0.39, 0.29) is 0 Å². The van der Waals surface area contributed by atoms with E-state index in [1.54, 1.807) is 0 Å². The molecule has 8 aromatic carbocycles. The highest BCUT2D eigenvalue weighted by atomic mass is 16.3. The van der Waals surface area contributed by atoms with Crippen molar-refractivity contribution in [1.29, 1.82) is 0 Å². The lowest BCUT2D eigenvalue weighted by Gasteiger charge is -2.13. The quantitative estimate of drug-likeness (QED) is 0.177. The molecule has 0 aliphatic carbocycles. The molecule has 4 heterocycles. The first-order valence-corrected chi connectivity index (χ1v) is 19.1. The van der Waals surface area contributed by atoms with Gasteiger partial charge in [-0.3, -0.25) is 9.13 Å². The van der Waals surface area contributed by atoms with E-state index in [0.29, 0.717) is 17.7 Å². The number of hydrogen-bond donors (Lipinski definition) is 0. The minimum atomic E-state index is 0.561. The molecule has 0 aliphatic heterocycles. The second kappa shape index (κ2) is 12.3. The van der Waals surface area contributed by atoms with Gasteiger partial charge >= 0.3 is 0 Å². The van der Waals surface area contributed by atoms with Crippen LogP contribution >= 0.6 is 0 Å². The molecule has 12 rings (SSSR count). The number of fused-ring (bicyclic) bond motifs is 9. The third kappa shape index (κ3) is 4.87. The summed E-state index contributed by atoms with van der Waals surface area (Å²) in [5.41, 5.74) is 11.2. The fourth-order valence-corrected chi connectivity index (χ4v) is 8.61. The highest BCUT2D eigenvalue weighted by molar-refractivity contribution is 6.11. The molecular weight excluding hydrogens is 699 g/mol. The fourth-order valence-electron chi connectivity index (χ4n) is 8.61. The Balaban J connectivity index is 1.02. The number of benzene rings is 8. The number of furan rings is 1. The van der Waals surface area contributed by atoms with E-state index >= 15 is 0 Å². The van der Waals surface area contributed by atoms with Gasteiger partial charge in [0.05, 0.1) is 22.1 Å². The molecule has 57 heavy (non-hydrogen) atoms. The van der Waals surface area contributed by atoms with Crippen molar-refractivity contribution in [2.45, 2.75) is 0 Å². The molecule has 0 unspecified atom stereocenters. The van der Waals surface area contributed by atoms with Crippen LogP contribution in [-0.2, 0) is 0 Å². The first-order chi connectivity index (χ1) is 28.3. The molecule has 0 atom stereocenters. The van der Waals surface area contributed by atoms with Crippen molar-refractivity contribution >= 4 is 65.6 Å². The maximum Gasteiger partial charge on any atom is 0.240 e. The molecular formula is C51H31N5O. The summed E-state index contributed by atoms with van der Waals surface area (Å²) in [6.07, 6.45) is 0. The smallest absolute Gasteiger partial charge is 0.240 e. The van der Waals surface area contributed by atoms with Crippen LogP contribution in [0.3, 0.4) is 0 Å². The van der Waals surface area contributed by atoms with Crippen molar-refractivity contribution in [3.8, 4) is 45.5 Å². The lowest BCUT2D eigenvalue weighted by atomic mass is 9.97. The third-order valence-electron chi connectivity index (χ3n) is 11.2. The van der Waals surface area contributed by atoms with Crippen LogP contribution < -0.4 is 0 Å². The molecule has 0 aliphatic rings. The van der Waals surface area contributed by atoms with E-state index < -0.39 is 0 Å². The maximum absolute atomic E-state index is 6.39. The molecule has 0 radical (unpaired) electrons. The van der Waals surface area contributed by atoms with Gasteiger partial charge in [-0.25, -0.2) is 0 Å². The van der Waals surface area contributed by atoms with Crippen molar-refractivity contribution in [2.24, 2.45) is 0 Å². The van der Waals surface area contributed by atoms with Crippen LogP contribution in [0.4, 0.5) is 0 Å². The van der Waals surface area contributed by atoms with Gasteiger partial charge in [0.15, 0.2) is 5.82 Å². The third-order valence-corrected chi connectivity index (χ3v) is 11.2. The number of nitrogens with zero attached hydrogens (tertiary/aromatic N) is 5. The van der Waals surface area contributed by atoms with Gasteiger partial charge in [-0.05, 0) is 53.1 Å². The zero-order valence-corrected chi connectivity index (χ0v) is 30.5. The zero-order chi connectivity index (χ0) is 37.5. The number of para-hydroxylation sites is 6. The summed E-state index contributed by atoms with van der Waals surface area (Å²) in [6, 6.07) is 65.6. The minimum Gasteiger partial charge on any atom is -0.455 e. The van der Waals surface area contributed by atoms with Gasteiger partial charge in [0, 0.05) is 43.4 Å². The van der Waals surface area contributed by atoms with Gasteiger partial charge in [-0.1, -0.05) is 152 Å². The predicted molar refractivity (Wildman–Crippen MR) is 232 cm³/mol. The first-order valence-electron chi connectivity index (χ1n) is 19.1. The summed E-state index contributed by atoms with van der Waals surface area (Å²) >= 11 is 0. The van der Waals surface area contributed by atoms with E-state index in [9.17, 15) is 0 Å². The SMILES string of the molecule is c1cc(-c2ccc(-c3nc(-n4c5ccccc5c5ccccc54)nc(-n4c5ccccc5c5ccccc54)n3)cc2)cc(-c2cccc3c2oc2ccccc23)c1. The number of rotatable bonds is 5. The van der Waals surface area contributed by atoms with Crippen LogP contribution in [0, 0.1) is 0 Å². The maximum atomic E-state index is 6.39. The fraction of sp³-hybridized carbons (Fsp3) is 0. The summed E-state index contributed by atoms with van der Waals surface area (Å²) < 4.78 is 10.7. The zero-order valence-electron chi connectivity index (χ0n) is 30.5. The van der Waals surface area contributed by atoms with E-state index in [4.69, 9.17) is 19.4 Å². The Kier molecular flexibility index (Phi) is 6.83. The van der Waals surface area contributed by atoms with Crippen molar-refractivity contribution in [2.75, 3.05) is 0 Å². The molecule has 266 valence electrons. The van der Waals surface area contributed by atoms with Gasteiger partial charge < -0.3 is 4.42 Å². The Morgan fingerprint density at radius 1 is 0.333 bits per heavy atom. The topological polar surface area (TPSA) is 61.7 Å². The molecule has 0 spiro atoms. The standard InChI is InChI=1S/C51H31N5O/c1-6-22-43-37(15-1)38-16-2-7-23-44(38)55(43)50-52-49(53-51(54-50)56-45-24-8-3-17-39(45)40-18-4-9-25-46(40)56)33-29-27-32(28-30-33)34-13-11-14-35(31-34)36-20-12-21-42-41-19-5-10-26-47(41)57-48(36)42/h1-31H. The highest BCUT2D eigenvalue weighted by Crippen LogP contribution is 2.38. The Morgan fingerprint density at radius 3 is 1.37 bits per heavy atom. The lowest BCUT2D eigenvalue weighted by molar-refractivity contribution is 0.670. The average Bonchev–Trinajstić information content (AvgIpc) is 3.94. The Morgan fingerprint density at radius 2 is 0.789 bits per heavy atom. The second-order valence-corrected chi connectivity index (χ2v) is 14.4. The van der Waals surface area contributed by atoms with Crippen molar-refractivity contribution in [3.05, 3.63) is 188 Å². The van der Waals surface area contributed by atoms with Crippen molar-refractivity contribution in [1.82, 2.24) is 24.1 Å². The monoisotopic (exact) mass is 729 g/mol. The molecule has 12 aromatic rings. The van der Waals surface area contributed by atoms with Gasteiger partial charge in [0.2, 0.25) is 11.9 Å². The van der Waals surface area contributed by atoms with Gasteiger partial charge in [-0.2, -0.15) is 15.0 Å². The molecule has 0 saturated heterocycles. The Labute approximate surface area is 326 Å². The number of aromatic nitrogens is 5. The van der Waals surface area contributed by atoms with Gasteiger partial charge in [0.25, 0.3) is 0 Å². The van der Waals surface area contributed by atoms with Crippen molar-refractivity contribution in [3.63, 3.8) is 0 Å². The van der Waals surface area contributed by atoms with Crippen LogP contribution in [0.1, 0.15) is 0 Å². The molecule has 4 aromatic heterocycles. The predicted octanol–water partition coefficient (Wildman–Crippen LogP) is 13.0. The van der Waals surface area contributed by atoms with Crippen LogP contribution in [-0.4, -0.2) is 24.1 Å². The van der Waals surface area contributed by atoms with Gasteiger partial charge in [0.1, 0.15) is 11.2 Å². The van der Waals surface area contributed by atoms with E-state index in [1.165, 1.54) is 0 Å². The lowest BCUT2D eigenvalue weighted by Crippen LogP contribution is -2.10. The molecule has 6 heteroatoms. The van der Waals surface area contributed by atoms with E-state index in [1.807, 2.05) is 12.1 Å². The van der Waals surface area contributed by atoms with Crippen LogP contribution in [0.2, 0.25) is 0 Å². The summed E-state index contributed by atoms with van der Waals surface area (Å²) in [4.78, 5) is 15.8. The highest BCUT2D eigenvalue weighted by Gasteiger charge is 2.20. The first kappa shape index (κ1) is 31.5. The molecule has 0 saturated carbocycles. The summed E-state index contributed by atoms with van der Waals surface area (Å²) in [5, 5.41) is 6.85. The van der Waals surface area contributed by atoms with Crippen LogP contribution in [0.25, 0.3) is 111 Å². The van der Waals surface area contributed by atoms with Crippen molar-refractivity contribution < 1.29 is 4.42 Å². The number of hydrogen-bond acceptors (Lipinski definition) is 4. The summed E-state index contributed by atoms with van der Waals surface area (Å²) in [5.74, 6) is 1.71. The second-order valence-electron chi connectivity index (χ2n) is 14.4. The molecule has 0 amide bonds. The summed E-state index contributed by atoms with van der Waals surface area (Å²) in [7, 11) is 0. The van der Waals surface area contributed by atoms with Gasteiger partial charge in [-0.15, -0.1) is 0 Å². The van der Waals surface area contributed by atoms with E-state index in [0.717, 1.165) is 93.4 Å². The summed E-state index contributed by atoms with van der Waals surface area (Å²) in [6.45, 7) is 0. The normalized spacial score (nSPS) is 11.9. The Bertz CT molecular complexity index is 3300. The molecule has 6 nitrogen and oxygen atoms in total.